The molecule has 0 saturated carbocycles. The van der Waals surface area contributed by atoms with Crippen LogP contribution in [0.5, 0.6) is 0 Å². The molecule has 0 fully saturated rings. The number of benzene rings is 2. The molecule has 1 aromatic heterocycles. The molecule has 1 aliphatic carbocycles. The van der Waals surface area contributed by atoms with Crippen LogP contribution in [0.1, 0.15) is 32.3 Å². The number of ether oxygens (including phenoxy) is 2. The highest BCUT2D eigenvalue weighted by Crippen LogP contribution is 2.44. The molecule has 6 heteroatoms. The molecule has 1 heterocycles. The van der Waals surface area contributed by atoms with Gasteiger partial charge in [0.05, 0.1) is 7.11 Å². The summed E-state index contributed by atoms with van der Waals surface area (Å²) in [6.07, 6.45) is 3.19. The van der Waals surface area contributed by atoms with E-state index in [2.05, 4.69) is 29.6 Å². The Balaban J connectivity index is 1.30. The zero-order chi connectivity index (χ0) is 20.9. The van der Waals surface area contributed by atoms with Gasteiger partial charge in [-0.2, -0.15) is 0 Å². The summed E-state index contributed by atoms with van der Waals surface area (Å²) < 4.78 is 10.2. The SMILES string of the molecule is COC(=O)c1cc(C=CCNC(=O)OCC2c3ccccc3-c3ccccc32)cs1. The maximum atomic E-state index is 12.1. The molecule has 0 atom stereocenters. The number of carbonyl (C=O) groups is 2. The molecule has 1 amide bonds. The number of hydrogen-bond donors (Lipinski definition) is 1. The minimum absolute atomic E-state index is 0.0428. The fourth-order valence-corrected chi connectivity index (χ4v) is 4.43. The number of methoxy groups -OCH3 is 1. The van der Waals surface area contributed by atoms with Crippen molar-refractivity contribution in [3.63, 3.8) is 0 Å². The van der Waals surface area contributed by atoms with E-state index in [9.17, 15) is 9.59 Å². The molecule has 0 radical (unpaired) electrons. The highest BCUT2D eigenvalue weighted by molar-refractivity contribution is 7.12. The number of thiophene rings is 1. The Bertz CT molecular complexity index is 1060. The monoisotopic (exact) mass is 419 g/mol. The Morgan fingerprint density at radius 2 is 1.73 bits per heavy atom. The third-order valence-corrected chi connectivity index (χ3v) is 5.95. The Morgan fingerprint density at radius 3 is 2.40 bits per heavy atom. The Hall–Kier alpha value is -3.38. The summed E-state index contributed by atoms with van der Waals surface area (Å²) in [5, 5.41) is 4.59. The Labute approximate surface area is 179 Å². The fraction of sp³-hybridized carbons (Fsp3) is 0.167. The van der Waals surface area contributed by atoms with Crippen molar-refractivity contribution in [2.45, 2.75) is 5.92 Å². The zero-order valence-electron chi connectivity index (χ0n) is 16.5. The standard InChI is InChI=1S/C24H21NO4S/c1-28-23(26)22-13-16(15-30-22)7-6-12-25-24(27)29-14-21-19-10-4-2-8-17(19)18-9-3-5-11-20(18)21/h2-11,13,15,21H,12,14H2,1H3,(H,25,27). The Morgan fingerprint density at radius 1 is 1.07 bits per heavy atom. The minimum atomic E-state index is -0.456. The first kappa shape index (κ1) is 19.9. The maximum absolute atomic E-state index is 12.1. The highest BCUT2D eigenvalue weighted by atomic mass is 32.1. The van der Waals surface area contributed by atoms with E-state index in [1.54, 1.807) is 6.07 Å². The molecule has 5 nitrogen and oxygen atoms in total. The van der Waals surface area contributed by atoms with E-state index < -0.39 is 6.09 Å². The molecule has 0 aliphatic heterocycles. The molecule has 1 N–H and O–H groups in total. The van der Waals surface area contributed by atoms with Gasteiger partial charge in [0.25, 0.3) is 0 Å². The Kier molecular flexibility index (Phi) is 5.95. The second-order valence-electron chi connectivity index (χ2n) is 6.84. The number of fused-ring (bicyclic) bond motifs is 3. The van der Waals surface area contributed by atoms with Crippen molar-refractivity contribution in [1.29, 1.82) is 0 Å². The fourth-order valence-electron chi connectivity index (χ4n) is 3.63. The van der Waals surface area contributed by atoms with E-state index in [-0.39, 0.29) is 18.5 Å². The average molecular weight is 420 g/mol. The number of hydrogen-bond acceptors (Lipinski definition) is 5. The molecular formula is C24H21NO4S. The van der Waals surface area contributed by atoms with Gasteiger partial charge in [0, 0.05) is 12.5 Å². The van der Waals surface area contributed by atoms with Crippen LogP contribution in [-0.4, -0.2) is 32.3 Å². The molecule has 0 bridgehead atoms. The summed E-state index contributed by atoms with van der Waals surface area (Å²) in [4.78, 5) is 24.2. The minimum Gasteiger partial charge on any atom is -0.465 e. The number of rotatable bonds is 6. The lowest BCUT2D eigenvalue weighted by Crippen LogP contribution is -2.26. The number of alkyl carbamates (subject to hydrolysis) is 1. The van der Waals surface area contributed by atoms with Crippen LogP contribution in [0.4, 0.5) is 4.79 Å². The molecule has 0 saturated heterocycles. The van der Waals surface area contributed by atoms with E-state index in [4.69, 9.17) is 9.47 Å². The molecule has 1 aliphatic rings. The second-order valence-corrected chi connectivity index (χ2v) is 7.76. The van der Waals surface area contributed by atoms with E-state index >= 15 is 0 Å². The van der Waals surface area contributed by atoms with E-state index in [1.807, 2.05) is 41.8 Å². The predicted octanol–water partition coefficient (Wildman–Crippen LogP) is 5.09. The normalized spacial score (nSPS) is 12.4. The molecular weight excluding hydrogens is 398 g/mol. The van der Waals surface area contributed by atoms with Crippen LogP contribution >= 0.6 is 11.3 Å². The third kappa shape index (κ3) is 4.14. The first-order chi connectivity index (χ1) is 14.7. The van der Waals surface area contributed by atoms with Crippen LogP contribution in [0.15, 0.2) is 66.1 Å². The average Bonchev–Trinajstić information content (AvgIpc) is 3.38. The van der Waals surface area contributed by atoms with Gasteiger partial charge in [-0.15, -0.1) is 11.3 Å². The topological polar surface area (TPSA) is 64.6 Å². The van der Waals surface area contributed by atoms with Gasteiger partial charge in [-0.25, -0.2) is 9.59 Å². The van der Waals surface area contributed by atoms with Gasteiger partial charge >= 0.3 is 12.1 Å². The van der Waals surface area contributed by atoms with Crippen molar-refractivity contribution in [1.82, 2.24) is 5.32 Å². The predicted molar refractivity (Wildman–Crippen MR) is 118 cm³/mol. The second kappa shape index (κ2) is 8.97. The molecule has 0 unspecified atom stereocenters. The van der Waals surface area contributed by atoms with Crippen molar-refractivity contribution < 1.29 is 19.1 Å². The van der Waals surface area contributed by atoms with Crippen molar-refractivity contribution in [2.24, 2.45) is 0 Å². The van der Waals surface area contributed by atoms with E-state index in [1.165, 1.54) is 40.7 Å². The summed E-state index contributed by atoms with van der Waals surface area (Å²) in [6.45, 7) is 0.622. The quantitative estimate of drug-likeness (QED) is 0.566. The van der Waals surface area contributed by atoms with Gasteiger partial charge in [-0.05, 0) is 39.3 Å². The molecule has 4 rings (SSSR count). The largest absolute Gasteiger partial charge is 0.465 e. The molecule has 152 valence electrons. The van der Waals surface area contributed by atoms with Crippen LogP contribution in [0.2, 0.25) is 0 Å². The number of carbonyl (C=O) groups excluding carboxylic acids is 2. The van der Waals surface area contributed by atoms with Crippen LogP contribution in [0.3, 0.4) is 0 Å². The van der Waals surface area contributed by atoms with Crippen molar-refractivity contribution in [3.8, 4) is 11.1 Å². The summed E-state index contributed by atoms with van der Waals surface area (Å²) in [5.74, 6) is -0.308. The van der Waals surface area contributed by atoms with Crippen molar-refractivity contribution in [3.05, 3.63) is 87.6 Å². The highest BCUT2D eigenvalue weighted by Gasteiger charge is 2.28. The number of amides is 1. The van der Waals surface area contributed by atoms with Crippen LogP contribution < -0.4 is 5.32 Å². The maximum Gasteiger partial charge on any atom is 0.407 e. The molecule has 0 spiro atoms. The zero-order valence-corrected chi connectivity index (χ0v) is 17.3. The van der Waals surface area contributed by atoms with E-state index in [0.717, 1.165) is 5.56 Å². The van der Waals surface area contributed by atoms with Crippen molar-refractivity contribution in [2.75, 3.05) is 20.3 Å². The van der Waals surface area contributed by atoms with Gasteiger partial charge in [0.2, 0.25) is 0 Å². The first-order valence-electron chi connectivity index (χ1n) is 9.59. The lowest BCUT2D eigenvalue weighted by molar-refractivity contribution is 0.0606. The summed E-state index contributed by atoms with van der Waals surface area (Å²) in [5.41, 5.74) is 5.66. The summed E-state index contributed by atoms with van der Waals surface area (Å²) in [7, 11) is 1.36. The smallest absolute Gasteiger partial charge is 0.407 e. The first-order valence-corrected chi connectivity index (χ1v) is 10.5. The van der Waals surface area contributed by atoms with Crippen LogP contribution in [0.25, 0.3) is 17.2 Å². The molecule has 2 aromatic carbocycles. The van der Waals surface area contributed by atoms with Gasteiger partial charge in [0.1, 0.15) is 11.5 Å². The van der Waals surface area contributed by atoms with Gasteiger partial charge in [-0.1, -0.05) is 60.7 Å². The van der Waals surface area contributed by atoms with Crippen LogP contribution in [-0.2, 0) is 9.47 Å². The third-order valence-electron chi connectivity index (χ3n) is 5.02. The van der Waals surface area contributed by atoms with Gasteiger partial charge in [0.15, 0.2) is 0 Å². The lowest BCUT2D eigenvalue weighted by atomic mass is 9.98. The number of esters is 1. The van der Waals surface area contributed by atoms with Crippen LogP contribution in [0, 0.1) is 0 Å². The summed E-state index contributed by atoms with van der Waals surface area (Å²) in [6, 6.07) is 18.2. The van der Waals surface area contributed by atoms with E-state index in [0.29, 0.717) is 11.4 Å². The van der Waals surface area contributed by atoms with Gasteiger partial charge in [-0.3, -0.25) is 0 Å². The molecule has 3 aromatic rings. The van der Waals surface area contributed by atoms with Crippen molar-refractivity contribution >= 4 is 29.5 Å². The molecule has 30 heavy (non-hydrogen) atoms. The lowest BCUT2D eigenvalue weighted by Gasteiger charge is -2.14. The van der Waals surface area contributed by atoms with Gasteiger partial charge < -0.3 is 14.8 Å². The number of nitrogens with one attached hydrogen (secondary N) is 1. The summed E-state index contributed by atoms with van der Waals surface area (Å²) >= 11 is 1.32.